The molecule has 6 heteroatoms. The van der Waals surface area contributed by atoms with Crippen molar-refractivity contribution in [1.29, 1.82) is 0 Å². The fourth-order valence-electron chi connectivity index (χ4n) is 3.42. The van der Waals surface area contributed by atoms with Crippen LogP contribution in [0, 0.1) is 6.92 Å². The molecule has 0 spiro atoms. The number of carbonyl (C=O) groups excluding carboxylic acids is 1. The van der Waals surface area contributed by atoms with Gasteiger partial charge in [0.25, 0.3) is 0 Å². The van der Waals surface area contributed by atoms with E-state index in [4.69, 9.17) is 30.5 Å². The van der Waals surface area contributed by atoms with Crippen LogP contribution in [0.25, 0.3) is 6.08 Å². The van der Waals surface area contributed by atoms with Gasteiger partial charge in [0.1, 0.15) is 18.1 Å². The first-order chi connectivity index (χ1) is 14.6. The van der Waals surface area contributed by atoms with E-state index in [9.17, 15) is 4.79 Å². The zero-order valence-electron chi connectivity index (χ0n) is 16.1. The lowest BCUT2D eigenvalue weighted by molar-refractivity contribution is 0.101. The van der Waals surface area contributed by atoms with Gasteiger partial charge in [0, 0.05) is 10.6 Å². The fourth-order valence-corrected chi connectivity index (χ4v) is 3.55. The standard InChI is InChI=1S/C24H17ClO5/c1-14-19(27-12-15-2-5-17(25)6-3-15)9-7-18-23(26)22(30-24(14)18)11-16-4-8-20-21(10-16)29-13-28-20/h2-11H,12-13H2,1H3/b22-11-. The molecule has 2 heterocycles. The summed E-state index contributed by atoms with van der Waals surface area (Å²) < 4.78 is 22.6. The molecule has 0 radical (unpaired) electrons. The van der Waals surface area contributed by atoms with Gasteiger partial charge in [-0.1, -0.05) is 29.8 Å². The van der Waals surface area contributed by atoms with Crippen molar-refractivity contribution in [3.05, 3.63) is 87.6 Å². The van der Waals surface area contributed by atoms with Gasteiger partial charge in [-0.25, -0.2) is 0 Å². The SMILES string of the molecule is Cc1c(OCc2ccc(Cl)cc2)ccc2c1O/C(=C\c1ccc3c(c1)OCO3)C2=O. The van der Waals surface area contributed by atoms with Crippen LogP contribution in [0.3, 0.4) is 0 Å². The molecule has 3 aromatic carbocycles. The van der Waals surface area contributed by atoms with Gasteiger partial charge >= 0.3 is 0 Å². The van der Waals surface area contributed by atoms with Crippen LogP contribution in [0.15, 0.2) is 60.4 Å². The normalized spacial score (nSPS) is 15.3. The van der Waals surface area contributed by atoms with E-state index in [2.05, 4.69) is 0 Å². The highest BCUT2D eigenvalue weighted by Crippen LogP contribution is 2.40. The first-order valence-corrected chi connectivity index (χ1v) is 9.81. The molecule has 0 fully saturated rings. The number of rotatable bonds is 4. The summed E-state index contributed by atoms with van der Waals surface area (Å²) in [6, 6.07) is 16.5. The molecule has 0 aliphatic carbocycles. The second kappa shape index (κ2) is 7.43. The molecule has 0 amide bonds. The second-order valence-corrected chi connectivity index (χ2v) is 7.47. The second-order valence-electron chi connectivity index (χ2n) is 7.03. The number of ether oxygens (including phenoxy) is 4. The molecule has 0 atom stereocenters. The Balaban J connectivity index is 1.38. The van der Waals surface area contributed by atoms with Gasteiger partial charge in [0.15, 0.2) is 17.3 Å². The molecule has 30 heavy (non-hydrogen) atoms. The zero-order valence-corrected chi connectivity index (χ0v) is 16.9. The molecular formula is C24H17ClO5. The maximum atomic E-state index is 12.8. The minimum absolute atomic E-state index is 0.157. The van der Waals surface area contributed by atoms with E-state index < -0.39 is 0 Å². The maximum Gasteiger partial charge on any atom is 0.231 e. The minimum Gasteiger partial charge on any atom is -0.488 e. The van der Waals surface area contributed by atoms with Gasteiger partial charge in [0.05, 0.1) is 5.56 Å². The first kappa shape index (κ1) is 18.6. The Kier molecular flexibility index (Phi) is 4.60. The van der Waals surface area contributed by atoms with Gasteiger partial charge in [-0.15, -0.1) is 0 Å². The Labute approximate surface area is 178 Å². The quantitative estimate of drug-likeness (QED) is 0.516. The third-order valence-electron chi connectivity index (χ3n) is 5.04. The monoisotopic (exact) mass is 420 g/mol. The predicted molar refractivity (Wildman–Crippen MR) is 112 cm³/mol. The number of ketones is 1. The van der Waals surface area contributed by atoms with E-state index in [1.807, 2.05) is 49.4 Å². The third kappa shape index (κ3) is 3.37. The molecule has 5 rings (SSSR count). The number of Topliss-reactive ketones (excluding diaryl/α,β-unsaturated/α-hetero) is 1. The molecule has 0 N–H and O–H groups in total. The number of fused-ring (bicyclic) bond motifs is 2. The summed E-state index contributed by atoms with van der Waals surface area (Å²) in [7, 11) is 0. The Morgan fingerprint density at radius 2 is 1.83 bits per heavy atom. The van der Waals surface area contributed by atoms with Crippen LogP contribution in [0.4, 0.5) is 0 Å². The van der Waals surface area contributed by atoms with Crippen LogP contribution >= 0.6 is 11.6 Å². The number of hydrogen-bond donors (Lipinski definition) is 0. The molecule has 0 aromatic heterocycles. The molecular weight excluding hydrogens is 404 g/mol. The highest BCUT2D eigenvalue weighted by atomic mass is 35.5. The van der Waals surface area contributed by atoms with Crippen LogP contribution < -0.4 is 18.9 Å². The van der Waals surface area contributed by atoms with Gasteiger partial charge in [-0.2, -0.15) is 0 Å². The first-order valence-electron chi connectivity index (χ1n) is 9.43. The van der Waals surface area contributed by atoms with E-state index >= 15 is 0 Å². The molecule has 0 saturated carbocycles. The minimum atomic E-state index is -0.157. The van der Waals surface area contributed by atoms with Gasteiger partial charge in [0.2, 0.25) is 12.6 Å². The number of benzene rings is 3. The van der Waals surface area contributed by atoms with E-state index in [1.165, 1.54) is 0 Å². The van der Waals surface area contributed by atoms with Crippen LogP contribution in [-0.2, 0) is 6.61 Å². The summed E-state index contributed by atoms with van der Waals surface area (Å²) >= 11 is 5.92. The largest absolute Gasteiger partial charge is 0.488 e. The van der Waals surface area contributed by atoms with Crippen molar-refractivity contribution < 1.29 is 23.7 Å². The Morgan fingerprint density at radius 3 is 2.67 bits per heavy atom. The van der Waals surface area contributed by atoms with Crippen LogP contribution in [0.2, 0.25) is 5.02 Å². The van der Waals surface area contributed by atoms with Crippen molar-refractivity contribution in [2.24, 2.45) is 0 Å². The van der Waals surface area contributed by atoms with Crippen LogP contribution in [0.5, 0.6) is 23.0 Å². The smallest absolute Gasteiger partial charge is 0.231 e. The van der Waals surface area contributed by atoms with Crippen LogP contribution in [0.1, 0.15) is 27.0 Å². The number of halogens is 1. The highest BCUT2D eigenvalue weighted by Gasteiger charge is 2.30. The van der Waals surface area contributed by atoms with Crippen molar-refractivity contribution >= 4 is 23.5 Å². The zero-order chi connectivity index (χ0) is 20.7. The fraction of sp³-hybridized carbons (Fsp3) is 0.125. The number of hydrogen-bond acceptors (Lipinski definition) is 5. The molecule has 2 aliphatic heterocycles. The molecule has 150 valence electrons. The molecule has 0 bridgehead atoms. The average molecular weight is 421 g/mol. The summed E-state index contributed by atoms with van der Waals surface area (Å²) in [6.07, 6.45) is 1.71. The van der Waals surface area contributed by atoms with E-state index in [0.717, 1.165) is 16.7 Å². The lowest BCUT2D eigenvalue weighted by Gasteiger charge is -2.11. The third-order valence-corrected chi connectivity index (χ3v) is 5.29. The lowest BCUT2D eigenvalue weighted by atomic mass is 10.1. The van der Waals surface area contributed by atoms with E-state index in [-0.39, 0.29) is 18.3 Å². The number of allylic oxidation sites excluding steroid dienone is 1. The predicted octanol–water partition coefficient (Wildman–Crippen LogP) is 5.57. The molecule has 5 nitrogen and oxygen atoms in total. The Hall–Kier alpha value is -3.44. The van der Waals surface area contributed by atoms with E-state index in [0.29, 0.717) is 40.2 Å². The maximum absolute atomic E-state index is 12.8. The molecule has 0 saturated heterocycles. The topological polar surface area (TPSA) is 54.0 Å². The molecule has 2 aliphatic rings. The lowest BCUT2D eigenvalue weighted by Crippen LogP contribution is -1.98. The number of carbonyl (C=O) groups is 1. The van der Waals surface area contributed by atoms with E-state index in [1.54, 1.807) is 18.2 Å². The Bertz CT molecular complexity index is 1180. The summed E-state index contributed by atoms with van der Waals surface area (Å²) in [5, 5.41) is 0.682. The van der Waals surface area contributed by atoms with Crippen molar-refractivity contribution in [2.45, 2.75) is 13.5 Å². The van der Waals surface area contributed by atoms with Crippen molar-refractivity contribution in [3.8, 4) is 23.0 Å². The summed E-state index contributed by atoms with van der Waals surface area (Å²) in [4.78, 5) is 12.8. The molecule has 0 unspecified atom stereocenters. The van der Waals surface area contributed by atoms with Crippen molar-refractivity contribution in [1.82, 2.24) is 0 Å². The van der Waals surface area contributed by atoms with Gasteiger partial charge < -0.3 is 18.9 Å². The van der Waals surface area contributed by atoms with Gasteiger partial charge in [-0.05, 0) is 60.5 Å². The van der Waals surface area contributed by atoms with Crippen LogP contribution in [-0.4, -0.2) is 12.6 Å². The summed E-state index contributed by atoms with van der Waals surface area (Å²) in [6.45, 7) is 2.48. The summed E-state index contributed by atoms with van der Waals surface area (Å²) in [5.41, 5.74) is 3.11. The average Bonchev–Trinajstić information content (AvgIpc) is 3.34. The summed E-state index contributed by atoms with van der Waals surface area (Å²) in [5.74, 6) is 2.65. The Morgan fingerprint density at radius 1 is 1.03 bits per heavy atom. The van der Waals surface area contributed by atoms with Crippen molar-refractivity contribution in [3.63, 3.8) is 0 Å². The molecule has 3 aromatic rings. The van der Waals surface area contributed by atoms with Gasteiger partial charge in [-0.3, -0.25) is 4.79 Å². The van der Waals surface area contributed by atoms with Crippen molar-refractivity contribution in [2.75, 3.05) is 6.79 Å². The highest BCUT2D eigenvalue weighted by molar-refractivity contribution is 6.30.